The number of hydrogen-bond acceptors (Lipinski definition) is 3. The van der Waals surface area contributed by atoms with Gasteiger partial charge in [-0.05, 0) is 18.6 Å². The van der Waals surface area contributed by atoms with E-state index < -0.39 is 23.8 Å². The molecule has 0 N–H and O–H groups in total. The number of alkyl halides is 3. The molecule has 0 spiro atoms. The molecule has 0 aliphatic carbocycles. The first-order chi connectivity index (χ1) is 8.37. The summed E-state index contributed by atoms with van der Waals surface area (Å²) < 4.78 is 39.7. The number of ether oxygens (including phenoxy) is 1. The topological polar surface area (TPSA) is 50.1 Å². The number of carbonyl (C=O) groups is 1. The molecule has 0 fully saturated rings. The first kappa shape index (κ1) is 14.0. The van der Waals surface area contributed by atoms with E-state index in [-0.39, 0.29) is 5.56 Å². The molecule has 1 atom stereocenters. The third kappa shape index (κ3) is 3.77. The molecule has 0 aliphatic heterocycles. The van der Waals surface area contributed by atoms with Crippen LogP contribution >= 0.6 is 0 Å². The summed E-state index contributed by atoms with van der Waals surface area (Å²) >= 11 is 0. The molecule has 1 aromatic carbocycles. The van der Waals surface area contributed by atoms with Gasteiger partial charge in [-0.2, -0.15) is 5.26 Å². The van der Waals surface area contributed by atoms with Crippen LogP contribution in [0.5, 0.6) is 5.75 Å². The lowest BCUT2D eigenvalue weighted by molar-refractivity contribution is -0.274. The van der Waals surface area contributed by atoms with Crippen LogP contribution < -0.4 is 4.74 Å². The number of rotatable bonds is 4. The second-order valence-electron chi connectivity index (χ2n) is 3.53. The molecule has 0 aliphatic rings. The van der Waals surface area contributed by atoms with Crippen molar-refractivity contribution in [3.8, 4) is 11.8 Å². The highest BCUT2D eigenvalue weighted by molar-refractivity contribution is 5.99. The highest BCUT2D eigenvalue weighted by Crippen LogP contribution is 2.24. The van der Waals surface area contributed by atoms with Crippen LogP contribution in [0.15, 0.2) is 24.3 Å². The van der Waals surface area contributed by atoms with Gasteiger partial charge < -0.3 is 4.74 Å². The van der Waals surface area contributed by atoms with Gasteiger partial charge in [0.25, 0.3) is 0 Å². The lowest BCUT2D eigenvalue weighted by Crippen LogP contribution is -2.18. The number of halogens is 3. The zero-order valence-corrected chi connectivity index (χ0v) is 9.49. The van der Waals surface area contributed by atoms with Crippen LogP contribution in [0.3, 0.4) is 0 Å². The molecule has 0 saturated heterocycles. The molecule has 0 aromatic heterocycles. The Kier molecular flexibility index (Phi) is 4.32. The number of Topliss-reactive ketones (excluding diaryl/α,β-unsaturated/α-hetero) is 1. The van der Waals surface area contributed by atoms with Crippen molar-refractivity contribution in [3.63, 3.8) is 0 Å². The first-order valence-corrected chi connectivity index (χ1v) is 5.17. The van der Waals surface area contributed by atoms with Gasteiger partial charge in [0, 0.05) is 5.56 Å². The number of carbonyl (C=O) groups excluding carboxylic acids is 1. The fraction of sp³-hybridized carbons (Fsp3) is 0.333. The van der Waals surface area contributed by atoms with Crippen molar-refractivity contribution in [2.45, 2.75) is 19.7 Å². The number of benzene rings is 1. The standard InChI is InChI=1S/C12H10F3NO2/c1-2-8(7-16)11(17)9-4-3-5-10(6-9)18-12(13,14)15/h3-6,8H,2H2,1H3. The van der Waals surface area contributed by atoms with Gasteiger partial charge in [-0.1, -0.05) is 19.1 Å². The van der Waals surface area contributed by atoms with Crippen molar-refractivity contribution in [1.29, 1.82) is 5.26 Å². The summed E-state index contributed by atoms with van der Waals surface area (Å²) in [5.74, 6) is -1.83. The lowest BCUT2D eigenvalue weighted by Gasteiger charge is -2.10. The fourth-order valence-electron chi connectivity index (χ4n) is 1.38. The number of ketones is 1. The Morgan fingerprint density at radius 2 is 2.17 bits per heavy atom. The highest BCUT2D eigenvalue weighted by atomic mass is 19.4. The molecule has 96 valence electrons. The van der Waals surface area contributed by atoms with Gasteiger partial charge in [0.1, 0.15) is 11.7 Å². The maximum atomic E-state index is 12.0. The summed E-state index contributed by atoms with van der Waals surface area (Å²) in [7, 11) is 0. The maximum Gasteiger partial charge on any atom is 0.573 e. The molecule has 3 nitrogen and oxygen atoms in total. The van der Waals surface area contributed by atoms with Crippen molar-refractivity contribution in [2.24, 2.45) is 5.92 Å². The predicted molar refractivity (Wildman–Crippen MR) is 56.8 cm³/mol. The molecular formula is C12H10F3NO2. The SMILES string of the molecule is CCC(C#N)C(=O)c1cccc(OC(F)(F)F)c1. The van der Waals surface area contributed by atoms with Gasteiger partial charge in [-0.3, -0.25) is 4.79 Å². The van der Waals surface area contributed by atoms with Crippen LogP contribution in [-0.2, 0) is 0 Å². The number of nitrogens with zero attached hydrogens (tertiary/aromatic N) is 1. The Labute approximate surface area is 102 Å². The summed E-state index contributed by atoms with van der Waals surface area (Å²) in [5.41, 5.74) is 0.0325. The fourth-order valence-corrected chi connectivity index (χ4v) is 1.38. The minimum Gasteiger partial charge on any atom is -0.406 e. The Balaban J connectivity index is 2.96. The minimum atomic E-state index is -4.80. The van der Waals surface area contributed by atoms with E-state index in [1.165, 1.54) is 12.1 Å². The molecule has 0 saturated carbocycles. The van der Waals surface area contributed by atoms with Crippen LogP contribution in [0.1, 0.15) is 23.7 Å². The summed E-state index contributed by atoms with van der Waals surface area (Å²) in [6.07, 6.45) is -4.50. The predicted octanol–water partition coefficient (Wildman–Crippen LogP) is 3.32. The Bertz CT molecular complexity index is 477. The molecule has 6 heteroatoms. The molecule has 18 heavy (non-hydrogen) atoms. The Morgan fingerprint density at radius 1 is 1.50 bits per heavy atom. The lowest BCUT2D eigenvalue weighted by atomic mass is 9.97. The third-order valence-electron chi connectivity index (χ3n) is 2.23. The normalized spacial score (nSPS) is 12.6. The average Bonchev–Trinajstić information content (AvgIpc) is 2.28. The van der Waals surface area contributed by atoms with E-state index >= 15 is 0 Å². The van der Waals surface area contributed by atoms with Crippen molar-refractivity contribution < 1.29 is 22.7 Å². The van der Waals surface area contributed by atoms with Gasteiger partial charge in [-0.15, -0.1) is 13.2 Å². The molecular weight excluding hydrogens is 247 g/mol. The molecule has 0 radical (unpaired) electrons. The van der Waals surface area contributed by atoms with E-state index in [9.17, 15) is 18.0 Å². The first-order valence-electron chi connectivity index (χ1n) is 5.17. The van der Waals surface area contributed by atoms with Crippen LogP contribution in [0.25, 0.3) is 0 Å². The van der Waals surface area contributed by atoms with Crippen LogP contribution in [0.2, 0.25) is 0 Å². The van der Waals surface area contributed by atoms with Crippen molar-refractivity contribution in [2.75, 3.05) is 0 Å². The largest absolute Gasteiger partial charge is 0.573 e. The van der Waals surface area contributed by atoms with Crippen LogP contribution in [0, 0.1) is 17.2 Å². The van der Waals surface area contributed by atoms with E-state index in [1.807, 2.05) is 0 Å². The average molecular weight is 257 g/mol. The second-order valence-corrected chi connectivity index (χ2v) is 3.53. The van der Waals surface area contributed by atoms with E-state index in [4.69, 9.17) is 5.26 Å². The molecule has 0 amide bonds. The molecule has 0 bridgehead atoms. The summed E-state index contributed by atoms with van der Waals surface area (Å²) in [6.45, 7) is 1.65. The highest BCUT2D eigenvalue weighted by Gasteiger charge is 2.31. The zero-order valence-electron chi connectivity index (χ0n) is 9.49. The Hall–Kier alpha value is -2.03. The number of nitriles is 1. The van der Waals surface area contributed by atoms with E-state index in [0.717, 1.165) is 12.1 Å². The smallest absolute Gasteiger partial charge is 0.406 e. The zero-order chi connectivity index (χ0) is 13.8. The quantitative estimate of drug-likeness (QED) is 0.777. The number of hydrogen-bond donors (Lipinski definition) is 0. The monoisotopic (exact) mass is 257 g/mol. The maximum absolute atomic E-state index is 12.0. The van der Waals surface area contributed by atoms with Gasteiger partial charge in [-0.25, -0.2) is 0 Å². The van der Waals surface area contributed by atoms with E-state index in [1.54, 1.807) is 13.0 Å². The summed E-state index contributed by atoms with van der Waals surface area (Å²) in [6, 6.07) is 6.51. The van der Waals surface area contributed by atoms with Gasteiger partial charge in [0.2, 0.25) is 0 Å². The minimum absolute atomic E-state index is 0.0325. The second kappa shape index (κ2) is 5.54. The van der Waals surface area contributed by atoms with E-state index in [2.05, 4.69) is 4.74 Å². The van der Waals surface area contributed by atoms with Crippen LogP contribution in [-0.4, -0.2) is 12.1 Å². The third-order valence-corrected chi connectivity index (χ3v) is 2.23. The van der Waals surface area contributed by atoms with Crippen LogP contribution in [0.4, 0.5) is 13.2 Å². The Morgan fingerprint density at radius 3 is 2.67 bits per heavy atom. The molecule has 1 aromatic rings. The molecule has 1 unspecified atom stereocenters. The molecule has 1 rings (SSSR count). The van der Waals surface area contributed by atoms with Crippen molar-refractivity contribution >= 4 is 5.78 Å². The summed E-state index contributed by atoms with van der Waals surface area (Å²) in [4.78, 5) is 11.8. The van der Waals surface area contributed by atoms with Crippen molar-refractivity contribution in [1.82, 2.24) is 0 Å². The van der Waals surface area contributed by atoms with Gasteiger partial charge >= 0.3 is 6.36 Å². The van der Waals surface area contributed by atoms with Gasteiger partial charge in [0.05, 0.1) is 6.07 Å². The van der Waals surface area contributed by atoms with E-state index in [0.29, 0.717) is 6.42 Å². The van der Waals surface area contributed by atoms with Gasteiger partial charge in [0.15, 0.2) is 5.78 Å². The van der Waals surface area contributed by atoms with Crippen molar-refractivity contribution in [3.05, 3.63) is 29.8 Å². The molecule has 0 heterocycles. The summed E-state index contributed by atoms with van der Waals surface area (Å²) in [5, 5.41) is 8.73.